The summed E-state index contributed by atoms with van der Waals surface area (Å²) in [7, 11) is -3.53. The largest absolute Gasteiger partial charge is 0.322 e. The molecule has 1 saturated carbocycles. The van der Waals surface area contributed by atoms with E-state index in [1.54, 1.807) is 24.3 Å². The van der Waals surface area contributed by atoms with Crippen LogP contribution in [0, 0.1) is 11.3 Å². The highest BCUT2D eigenvalue weighted by atomic mass is 32.2. The molecule has 0 aliphatic heterocycles. The molecule has 0 unspecified atom stereocenters. The molecule has 1 fully saturated rings. The minimum Gasteiger partial charge on any atom is -0.322 e. The van der Waals surface area contributed by atoms with Gasteiger partial charge < -0.3 is 5.32 Å². The fourth-order valence-corrected chi connectivity index (χ4v) is 3.45. The van der Waals surface area contributed by atoms with Crippen LogP contribution >= 0.6 is 0 Å². The highest BCUT2D eigenvalue weighted by Crippen LogP contribution is 2.22. The topological polar surface area (TPSA) is 99.1 Å². The maximum atomic E-state index is 12.2. The lowest BCUT2D eigenvalue weighted by Crippen LogP contribution is -2.25. The number of hydrogen-bond acceptors (Lipinski definition) is 4. The average molecular weight is 341 g/mol. The first-order valence-electron chi connectivity index (χ1n) is 7.42. The van der Waals surface area contributed by atoms with E-state index in [1.807, 2.05) is 6.07 Å². The van der Waals surface area contributed by atoms with Crippen LogP contribution in [0.2, 0.25) is 0 Å². The molecule has 1 aliphatic carbocycles. The van der Waals surface area contributed by atoms with Gasteiger partial charge >= 0.3 is 0 Å². The van der Waals surface area contributed by atoms with Crippen LogP contribution in [0.25, 0.3) is 0 Å². The summed E-state index contributed by atoms with van der Waals surface area (Å²) in [5.74, 6) is -0.371. The minimum atomic E-state index is -3.53. The molecule has 3 rings (SSSR count). The van der Waals surface area contributed by atoms with Gasteiger partial charge in [-0.25, -0.2) is 13.1 Å². The van der Waals surface area contributed by atoms with Crippen molar-refractivity contribution in [2.24, 2.45) is 0 Å². The third-order valence-corrected chi connectivity index (χ3v) is 5.11. The van der Waals surface area contributed by atoms with Crippen molar-refractivity contribution >= 4 is 21.6 Å². The molecule has 0 aromatic heterocycles. The lowest BCUT2D eigenvalue weighted by Gasteiger charge is -2.08. The molecule has 7 heteroatoms. The summed E-state index contributed by atoms with van der Waals surface area (Å²) in [5.41, 5.74) is 1.29. The van der Waals surface area contributed by atoms with Crippen molar-refractivity contribution in [2.75, 3.05) is 5.32 Å². The van der Waals surface area contributed by atoms with Crippen LogP contribution in [-0.4, -0.2) is 20.4 Å². The molecule has 0 spiro atoms. The second-order valence-electron chi connectivity index (χ2n) is 5.57. The first-order chi connectivity index (χ1) is 11.5. The highest BCUT2D eigenvalue weighted by Gasteiger charge is 2.27. The number of carbonyl (C=O) groups is 1. The molecule has 0 radical (unpaired) electrons. The SMILES string of the molecule is N#Cc1cccc(NC(=O)c2ccc(S(=O)(=O)NC3CC3)cc2)c1. The van der Waals surface area contributed by atoms with Crippen LogP contribution in [0.4, 0.5) is 5.69 Å². The van der Waals surface area contributed by atoms with Gasteiger partial charge in [0.2, 0.25) is 10.0 Å². The van der Waals surface area contributed by atoms with E-state index in [0.717, 1.165) is 12.8 Å². The number of hydrogen-bond donors (Lipinski definition) is 2. The van der Waals surface area contributed by atoms with Gasteiger partial charge in [-0.1, -0.05) is 6.07 Å². The predicted molar refractivity (Wildman–Crippen MR) is 88.9 cm³/mol. The van der Waals surface area contributed by atoms with Crippen LogP contribution in [0.15, 0.2) is 53.4 Å². The molecule has 0 bridgehead atoms. The molecule has 0 heterocycles. The number of sulfonamides is 1. The number of nitrogens with zero attached hydrogens (tertiary/aromatic N) is 1. The maximum absolute atomic E-state index is 12.2. The summed E-state index contributed by atoms with van der Waals surface area (Å²) < 4.78 is 26.8. The Morgan fingerprint density at radius 2 is 1.83 bits per heavy atom. The third-order valence-electron chi connectivity index (χ3n) is 3.58. The normalized spacial score (nSPS) is 14.0. The van der Waals surface area contributed by atoms with E-state index in [-0.39, 0.29) is 16.8 Å². The Balaban J connectivity index is 1.72. The van der Waals surface area contributed by atoms with E-state index in [1.165, 1.54) is 24.3 Å². The van der Waals surface area contributed by atoms with E-state index in [0.29, 0.717) is 16.8 Å². The van der Waals surface area contributed by atoms with Crippen molar-refractivity contribution < 1.29 is 13.2 Å². The van der Waals surface area contributed by atoms with Crippen molar-refractivity contribution in [3.8, 4) is 6.07 Å². The number of carbonyl (C=O) groups excluding carboxylic acids is 1. The van der Waals surface area contributed by atoms with Gasteiger partial charge in [-0.15, -0.1) is 0 Å². The van der Waals surface area contributed by atoms with E-state index < -0.39 is 10.0 Å². The number of nitrogens with one attached hydrogen (secondary N) is 2. The first kappa shape index (κ1) is 16.2. The molecule has 2 N–H and O–H groups in total. The Kier molecular flexibility index (Phi) is 4.34. The Morgan fingerprint density at radius 3 is 2.46 bits per heavy atom. The molecule has 0 saturated heterocycles. The van der Waals surface area contributed by atoms with Gasteiger partial charge in [0.1, 0.15) is 0 Å². The van der Waals surface area contributed by atoms with Crippen molar-refractivity contribution in [2.45, 2.75) is 23.8 Å². The number of amides is 1. The fraction of sp³-hybridized carbons (Fsp3) is 0.176. The van der Waals surface area contributed by atoms with Gasteiger partial charge in [-0.2, -0.15) is 5.26 Å². The molecule has 1 aliphatic rings. The van der Waals surface area contributed by atoms with Gasteiger partial charge in [0, 0.05) is 17.3 Å². The Hall–Kier alpha value is -2.69. The number of benzene rings is 2. The zero-order valence-corrected chi connectivity index (χ0v) is 13.5. The molecule has 6 nitrogen and oxygen atoms in total. The molecular weight excluding hydrogens is 326 g/mol. The second kappa shape index (κ2) is 6.43. The summed E-state index contributed by atoms with van der Waals surface area (Å²) >= 11 is 0. The van der Waals surface area contributed by atoms with Gasteiger partial charge in [-0.05, 0) is 55.3 Å². The quantitative estimate of drug-likeness (QED) is 0.871. The molecule has 0 atom stereocenters. The van der Waals surface area contributed by atoms with Crippen LogP contribution in [0.5, 0.6) is 0 Å². The smallest absolute Gasteiger partial charge is 0.255 e. The van der Waals surface area contributed by atoms with Crippen LogP contribution in [0.1, 0.15) is 28.8 Å². The Labute approximate surface area is 140 Å². The molecule has 122 valence electrons. The predicted octanol–water partition coefficient (Wildman–Crippen LogP) is 2.25. The van der Waals surface area contributed by atoms with E-state index in [4.69, 9.17) is 5.26 Å². The number of anilines is 1. The number of rotatable bonds is 5. The van der Waals surface area contributed by atoms with Crippen LogP contribution < -0.4 is 10.0 Å². The Morgan fingerprint density at radius 1 is 1.12 bits per heavy atom. The van der Waals surface area contributed by atoms with Crippen molar-refractivity contribution in [1.82, 2.24) is 4.72 Å². The first-order valence-corrected chi connectivity index (χ1v) is 8.90. The molecule has 2 aromatic rings. The summed E-state index contributed by atoms with van der Waals surface area (Å²) in [4.78, 5) is 12.3. The van der Waals surface area contributed by atoms with Crippen LogP contribution in [0.3, 0.4) is 0 Å². The summed E-state index contributed by atoms with van der Waals surface area (Å²) in [6, 6.07) is 14.3. The highest BCUT2D eigenvalue weighted by molar-refractivity contribution is 7.89. The van der Waals surface area contributed by atoms with Gasteiger partial charge in [0.25, 0.3) is 5.91 Å². The zero-order valence-electron chi connectivity index (χ0n) is 12.7. The van der Waals surface area contributed by atoms with Crippen molar-refractivity contribution in [3.05, 3.63) is 59.7 Å². The van der Waals surface area contributed by atoms with Crippen molar-refractivity contribution in [3.63, 3.8) is 0 Å². The molecule has 2 aromatic carbocycles. The zero-order chi connectivity index (χ0) is 17.2. The minimum absolute atomic E-state index is 0.0328. The van der Waals surface area contributed by atoms with Gasteiger partial charge in [-0.3, -0.25) is 4.79 Å². The lowest BCUT2D eigenvalue weighted by atomic mass is 10.2. The van der Waals surface area contributed by atoms with E-state index in [2.05, 4.69) is 10.0 Å². The monoisotopic (exact) mass is 341 g/mol. The standard InChI is InChI=1S/C17H15N3O3S/c18-11-12-2-1-3-15(10-12)19-17(21)13-4-8-16(9-5-13)24(22,23)20-14-6-7-14/h1-5,8-10,14,20H,6-7H2,(H,19,21). The van der Waals surface area contributed by atoms with Gasteiger partial charge in [0.15, 0.2) is 0 Å². The van der Waals surface area contributed by atoms with Gasteiger partial charge in [0.05, 0.1) is 16.5 Å². The molecule has 1 amide bonds. The fourth-order valence-electron chi connectivity index (χ4n) is 2.14. The van der Waals surface area contributed by atoms with E-state index in [9.17, 15) is 13.2 Å². The maximum Gasteiger partial charge on any atom is 0.255 e. The van der Waals surface area contributed by atoms with E-state index >= 15 is 0 Å². The average Bonchev–Trinajstić information content (AvgIpc) is 3.38. The third kappa shape index (κ3) is 3.79. The van der Waals surface area contributed by atoms with Crippen LogP contribution in [-0.2, 0) is 10.0 Å². The summed E-state index contributed by atoms with van der Waals surface area (Å²) in [6.07, 6.45) is 1.73. The summed E-state index contributed by atoms with van der Waals surface area (Å²) in [6.45, 7) is 0. The lowest BCUT2D eigenvalue weighted by molar-refractivity contribution is 0.102. The second-order valence-corrected chi connectivity index (χ2v) is 7.28. The number of nitriles is 1. The molecule has 24 heavy (non-hydrogen) atoms. The Bertz CT molecular complexity index is 911. The summed E-state index contributed by atoms with van der Waals surface area (Å²) in [5, 5.41) is 11.5. The molecular formula is C17H15N3O3S. The van der Waals surface area contributed by atoms with Crippen molar-refractivity contribution in [1.29, 1.82) is 5.26 Å².